The number of aliphatic carboxylic acids is 1. The monoisotopic (exact) mass is 1050 g/mol. The van der Waals surface area contributed by atoms with Crippen LogP contribution in [0.5, 0.6) is 0 Å². The minimum Gasteiger partial charge on any atom is -0.477 e. The number of thioether (sulfide) groups is 2. The van der Waals surface area contributed by atoms with Crippen molar-refractivity contribution in [3.8, 4) is 0 Å². The SMILES string of the molecule is O=C(O)C1=NN(c2cc(Cl)c(S(=O)(=O)O)cc2Cl)C(=O)C1N=Nc1cc(Nc2nc(SCCCS(=O)(=O)O)nc(SCCCS(=O)(=O)O)n2)ccc1S(=O)(=O)O.[Na].[Na].[Na].[Na].[Na]. The van der Waals surface area contributed by atoms with Gasteiger partial charge < -0.3 is 10.4 Å². The van der Waals surface area contributed by atoms with Crippen molar-refractivity contribution in [2.45, 2.75) is 39.0 Å². The fourth-order valence-corrected chi connectivity index (χ4v) is 9.16. The van der Waals surface area contributed by atoms with Gasteiger partial charge in [-0.25, -0.2) is 4.79 Å². The van der Waals surface area contributed by atoms with E-state index in [4.69, 9.17) is 32.3 Å². The van der Waals surface area contributed by atoms with Crippen molar-refractivity contribution in [3.63, 3.8) is 0 Å². The fourth-order valence-electron chi connectivity index (χ4n) is 4.23. The molecule has 1 amide bonds. The average Bonchev–Trinajstić information content (AvgIpc) is 3.39. The number of rotatable bonds is 18. The first kappa shape index (κ1) is 64.5. The summed E-state index contributed by atoms with van der Waals surface area (Å²) in [5, 5.41) is 22.9. The van der Waals surface area contributed by atoms with Crippen molar-refractivity contribution < 1.29 is 66.6 Å². The van der Waals surface area contributed by atoms with E-state index in [0.29, 0.717) is 11.1 Å². The predicted molar refractivity (Wildman–Crippen MR) is 229 cm³/mol. The van der Waals surface area contributed by atoms with Crippen LogP contribution in [0.15, 0.2) is 65.8 Å². The minimum absolute atomic E-state index is 0. The number of amides is 1. The van der Waals surface area contributed by atoms with E-state index >= 15 is 0 Å². The average molecular weight is 1050 g/mol. The predicted octanol–water partition coefficient (Wildman–Crippen LogP) is 1.19. The molecule has 1 aliphatic heterocycles. The van der Waals surface area contributed by atoms with Crippen molar-refractivity contribution in [1.29, 1.82) is 0 Å². The van der Waals surface area contributed by atoms with Gasteiger partial charge in [0, 0.05) is 165 Å². The maximum atomic E-state index is 13.4. The number of nitrogens with zero attached hydrogens (tertiary/aromatic N) is 7. The Labute approximate surface area is 477 Å². The molecule has 61 heavy (non-hydrogen) atoms. The van der Waals surface area contributed by atoms with Crippen molar-refractivity contribution in [3.05, 3.63) is 40.4 Å². The molecular formula is C25H24Cl2N8Na5O15S6. The summed E-state index contributed by atoms with van der Waals surface area (Å²) < 4.78 is 129. The number of carboxylic acid groups (broad SMARTS) is 1. The van der Waals surface area contributed by atoms with Crippen LogP contribution >= 0.6 is 46.7 Å². The second-order valence-corrected chi connectivity index (χ2v) is 19.6. The van der Waals surface area contributed by atoms with E-state index in [1.165, 1.54) is 0 Å². The molecule has 1 aliphatic rings. The van der Waals surface area contributed by atoms with E-state index in [1.807, 2.05) is 0 Å². The van der Waals surface area contributed by atoms with E-state index < -0.39 is 107 Å². The molecule has 1 unspecified atom stereocenters. The molecule has 309 valence electrons. The molecule has 6 N–H and O–H groups in total. The van der Waals surface area contributed by atoms with Crippen molar-refractivity contribution >= 4 is 276 Å². The van der Waals surface area contributed by atoms with Crippen LogP contribution in [0.1, 0.15) is 12.8 Å². The molecule has 0 saturated heterocycles. The van der Waals surface area contributed by atoms with Crippen LogP contribution in [-0.2, 0) is 50.1 Å². The van der Waals surface area contributed by atoms with E-state index in [1.54, 1.807) is 0 Å². The van der Waals surface area contributed by atoms with Gasteiger partial charge in [0.25, 0.3) is 46.4 Å². The van der Waals surface area contributed by atoms with Gasteiger partial charge in [-0.2, -0.15) is 69.0 Å². The Morgan fingerprint density at radius 1 is 0.754 bits per heavy atom. The first-order valence-electron chi connectivity index (χ1n) is 14.7. The van der Waals surface area contributed by atoms with Crippen molar-refractivity contribution in [2.24, 2.45) is 15.3 Å². The molecule has 23 nitrogen and oxygen atoms in total. The van der Waals surface area contributed by atoms with E-state index in [0.717, 1.165) is 47.8 Å². The Morgan fingerprint density at radius 2 is 1.26 bits per heavy atom. The third-order valence-corrected chi connectivity index (χ3v) is 12.6. The van der Waals surface area contributed by atoms with Crippen LogP contribution in [0.3, 0.4) is 0 Å². The van der Waals surface area contributed by atoms with Crippen molar-refractivity contribution in [2.75, 3.05) is 33.3 Å². The Hall–Kier alpha value is 1.38. The molecule has 0 saturated carbocycles. The quantitative estimate of drug-likeness (QED) is 0.0342. The van der Waals surface area contributed by atoms with Gasteiger partial charge in [-0.05, 0) is 43.2 Å². The van der Waals surface area contributed by atoms with Gasteiger partial charge in [0.05, 0.1) is 27.2 Å². The van der Waals surface area contributed by atoms with Crippen LogP contribution in [0, 0.1) is 0 Å². The molecular weight excluding hydrogens is 1030 g/mol. The first-order valence-corrected chi connectivity index (χ1v) is 23.5. The Bertz CT molecular complexity index is 2550. The largest absolute Gasteiger partial charge is 0.477 e. The second kappa shape index (κ2) is 27.4. The number of carboxylic acids is 1. The molecule has 0 aliphatic carbocycles. The van der Waals surface area contributed by atoms with Crippen LogP contribution in [0.2, 0.25) is 10.0 Å². The van der Waals surface area contributed by atoms with E-state index in [-0.39, 0.29) is 194 Å². The molecule has 0 bridgehead atoms. The molecule has 1 aromatic heterocycles. The number of halogens is 2. The smallest absolute Gasteiger partial charge is 0.355 e. The van der Waals surface area contributed by atoms with Gasteiger partial charge in [-0.15, -0.1) is 0 Å². The molecule has 2 heterocycles. The summed E-state index contributed by atoms with van der Waals surface area (Å²) in [6, 6.07) is 2.36. The zero-order chi connectivity index (χ0) is 41.8. The van der Waals surface area contributed by atoms with Gasteiger partial charge in [-0.1, -0.05) is 46.7 Å². The molecule has 1 atom stereocenters. The molecule has 4 rings (SSSR count). The number of hydrogen-bond donors (Lipinski definition) is 6. The number of anilines is 3. The number of benzene rings is 2. The Kier molecular flexibility index (Phi) is 29.0. The van der Waals surface area contributed by atoms with Gasteiger partial charge in [0.15, 0.2) is 16.0 Å². The number of carbonyl (C=O) groups is 2. The Balaban J connectivity index is 0. The van der Waals surface area contributed by atoms with Gasteiger partial charge in [-0.3, -0.25) is 23.0 Å². The van der Waals surface area contributed by atoms with Crippen LogP contribution in [0.4, 0.5) is 23.0 Å². The zero-order valence-corrected chi connectivity index (χ0v) is 48.8. The van der Waals surface area contributed by atoms with Crippen LogP contribution < -0.4 is 10.3 Å². The zero-order valence-electron chi connectivity index (χ0n) is 32.4. The number of carbonyl (C=O) groups excluding carboxylic acids is 1. The summed E-state index contributed by atoms with van der Waals surface area (Å²) in [5.41, 5.74) is -2.07. The molecule has 0 fully saturated rings. The van der Waals surface area contributed by atoms with Crippen LogP contribution in [0.25, 0.3) is 0 Å². The molecule has 5 radical (unpaired) electrons. The van der Waals surface area contributed by atoms with Gasteiger partial charge >= 0.3 is 5.97 Å². The summed E-state index contributed by atoms with van der Waals surface area (Å²) in [7, 11) is -18.4. The van der Waals surface area contributed by atoms with Crippen molar-refractivity contribution in [1.82, 2.24) is 15.0 Å². The van der Waals surface area contributed by atoms with Gasteiger partial charge in [0.2, 0.25) is 12.0 Å². The van der Waals surface area contributed by atoms with E-state index in [2.05, 4.69) is 35.6 Å². The first-order chi connectivity index (χ1) is 25.8. The van der Waals surface area contributed by atoms with Crippen LogP contribution in [-0.4, -0.2) is 266 Å². The molecule has 36 heteroatoms. The number of nitrogens with one attached hydrogen (secondary N) is 1. The fraction of sp³-hybridized carbons (Fsp3) is 0.280. The minimum atomic E-state index is -5.05. The summed E-state index contributed by atoms with van der Waals surface area (Å²) >= 11 is 13.9. The number of hydrazone groups is 1. The van der Waals surface area contributed by atoms with E-state index in [9.17, 15) is 57.5 Å². The summed E-state index contributed by atoms with van der Waals surface area (Å²) in [6.07, 6.45) is -0.00614. The standard InChI is InChI=1S/C25H24Cl2N8O15S6.5Na/c26-13-11-18(56(48,49)50)14(27)10-16(13)35-21(36)19(20(34-35)22(37)38)33-32-15-9-12(3-4-17(15)55(45,46)47)28-23-29-24(51-5-1-7-53(39,40)41)31-25(30-23)52-6-2-8-54(42,43)44;;;;;/h3-4,9-11,19H,1-2,5-8H2,(H,37,38)(H,39,40,41)(H,42,43,44)(H,45,46,47)(H,48,49,50)(H,28,29,30,31);;;;;. The topological polar surface area (TPSA) is 363 Å². The number of azo groups is 1. The normalized spacial score (nSPS) is 14.1. The maximum absolute atomic E-state index is 13.4. The molecule has 0 spiro atoms. The number of hydrogen-bond acceptors (Lipinski definition) is 19. The second-order valence-electron chi connectivity index (χ2n) is 10.8. The molecule has 2 aromatic carbocycles. The Morgan fingerprint density at radius 3 is 1.72 bits per heavy atom. The molecule has 3 aromatic rings. The third-order valence-electron chi connectivity index (χ3n) is 6.56. The third kappa shape index (κ3) is 20.3. The maximum Gasteiger partial charge on any atom is 0.355 e. The summed E-state index contributed by atoms with van der Waals surface area (Å²) in [4.78, 5) is 36.3. The summed E-state index contributed by atoms with van der Waals surface area (Å²) in [5.74, 6) is -4.12. The van der Waals surface area contributed by atoms with Gasteiger partial charge in [0.1, 0.15) is 15.5 Å². The summed E-state index contributed by atoms with van der Waals surface area (Å²) in [6.45, 7) is 0. The number of aromatic nitrogens is 3.